The van der Waals surface area contributed by atoms with Crippen LogP contribution >= 0.6 is 11.3 Å². The molecule has 19 heavy (non-hydrogen) atoms. The normalized spacial score (nSPS) is 32.5. The number of carbonyl (C=O) groups is 1. The molecule has 0 aromatic carbocycles. The van der Waals surface area contributed by atoms with E-state index in [-0.39, 0.29) is 11.4 Å². The summed E-state index contributed by atoms with van der Waals surface area (Å²) < 4.78 is 0. The van der Waals surface area contributed by atoms with E-state index in [0.29, 0.717) is 12.5 Å². The van der Waals surface area contributed by atoms with Crippen molar-refractivity contribution in [2.75, 3.05) is 6.54 Å². The number of aromatic nitrogens is 1. The summed E-state index contributed by atoms with van der Waals surface area (Å²) in [4.78, 5) is 18.7. The molecule has 2 atom stereocenters. The predicted octanol–water partition coefficient (Wildman–Crippen LogP) is 2.17. The number of rotatable bonds is 2. The van der Waals surface area contributed by atoms with Crippen LogP contribution in [0.3, 0.4) is 0 Å². The van der Waals surface area contributed by atoms with Crippen LogP contribution in [0.5, 0.6) is 0 Å². The first-order valence-corrected chi connectivity index (χ1v) is 8.04. The van der Waals surface area contributed by atoms with E-state index in [1.54, 1.807) is 11.3 Å². The van der Waals surface area contributed by atoms with Gasteiger partial charge in [0.2, 0.25) is 5.91 Å². The number of piperidine rings is 1. The molecular weight excluding hydrogens is 258 g/mol. The molecule has 1 aromatic rings. The topological polar surface area (TPSA) is 45.2 Å². The van der Waals surface area contributed by atoms with Gasteiger partial charge in [0.15, 0.2) is 0 Å². The first kappa shape index (κ1) is 13.1. The van der Waals surface area contributed by atoms with Gasteiger partial charge in [0.25, 0.3) is 0 Å². The maximum atomic E-state index is 11.7. The van der Waals surface area contributed by atoms with Crippen molar-refractivity contribution in [3.05, 3.63) is 16.6 Å². The molecule has 0 bridgehead atoms. The molecule has 2 aliphatic rings. The Morgan fingerprint density at radius 1 is 1.58 bits per heavy atom. The van der Waals surface area contributed by atoms with Gasteiger partial charge in [-0.3, -0.25) is 9.69 Å². The summed E-state index contributed by atoms with van der Waals surface area (Å²) in [5.74, 6) is 0.217. The Morgan fingerprint density at radius 3 is 3.26 bits per heavy atom. The molecule has 0 unspecified atom stereocenters. The van der Waals surface area contributed by atoms with Crippen molar-refractivity contribution in [1.29, 1.82) is 0 Å². The molecule has 0 radical (unpaired) electrons. The molecule has 3 heterocycles. The molecule has 1 amide bonds. The van der Waals surface area contributed by atoms with Crippen LogP contribution in [0.4, 0.5) is 0 Å². The Morgan fingerprint density at radius 2 is 2.47 bits per heavy atom. The molecule has 1 N–H and O–H groups in total. The fraction of sp³-hybridized carbons (Fsp3) is 0.714. The lowest BCUT2D eigenvalue weighted by atomic mass is 9.81. The van der Waals surface area contributed by atoms with Gasteiger partial charge < -0.3 is 5.32 Å². The third-order valence-corrected chi connectivity index (χ3v) is 5.12. The maximum absolute atomic E-state index is 11.7. The van der Waals surface area contributed by atoms with Gasteiger partial charge in [-0.15, -0.1) is 11.3 Å². The Balaban J connectivity index is 1.80. The molecule has 2 saturated heterocycles. The summed E-state index contributed by atoms with van der Waals surface area (Å²) in [5, 5.41) is 5.37. The van der Waals surface area contributed by atoms with Crippen LogP contribution < -0.4 is 5.32 Å². The minimum Gasteiger partial charge on any atom is -0.349 e. The highest BCUT2D eigenvalue weighted by molar-refractivity contribution is 7.07. The van der Waals surface area contributed by atoms with Crippen LogP contribution in [0.15, 0.2) is 10.9 Å². The number of amides is 1. The number of likely N-dealkylation sites (tertiary alicyclic amines) is 1. The number of fused-ring (bicyclic) bond motifs is 1. The van der Waals surface area contributed by atoms with Gasteiger partial charge >= 0.3 is 0 Å². The zero-order valence-electron chi connectivity index (χ0n) is 11.4. The Bertz CT molecular complexity index is 448. The van der Waals surface area contributed by atoms with Gasteiger partial charge in [-0.1, -0.05) is 0 Å². The van der Waals surface area contributed by atoms with Gasteiger partial charge in [-0.05, 0) is 39.2 Å². The van der Waals surface area contributed by atoms with Gasteiger partial charge in [0.1, 0.15) is 0 Å². The van der Waals surface area contributed by atoms with E-state index in [0.717, 1.165) is 31.6 Å². The van der Waals surface area contributed by atoms with E-state index in [1.807, 2.05) is 5.51 Å². The van der Waals surface area contributed by atoms with Gasteiger partial charge in [-0.25, -0.2) is 4.98 Å². The maximum Gasteiger partial charge on any atom is 0.220 e. The summed E-state index contributed by atoms with van der Waals surface area (Å²) in [7, 11) is 0. The smallest absolute Gasteiger partial charge is 0.220 e. The van der Waals surface area contributed by atoms with E-state index >= 15 is 0 Å². The lowest BCUT2D eigenvalue weighted by molar-refractivity contribution is -0.127. The summed E-state index contributed by atoms with van der Waals surface area (Å²) >= 11 is 1.65. The SMILES string of the molecule is C[C@]12CCCCN(Cc3cscn3)[C@H]1CCC(=O)N2. The largest absolute Gasteiger partial charge is 0.349 e. The van der Waals surface area contributed by atoms with Gasteiger partial charge in [-0.2, -0.15) is 0 Å². The predicted molar refractivity (Wildman–Crippen MR) is 75.9 cm³/mol. The Hall–Kier alpha value is -0.940. The van der Waals surface area contributed by atoms with Crippen LogP contribution in [-0.2, 0) is 11.3 Å². The lowest BCUT2D eigenvalue weighted by Crippen LogP contribution is -2.62. The first-order chi connectivity index (χ1) is 9.17. The third-order valence-electron chi connectivity index (χ3n) is 4.49. The standard InChI is InChI=1S/C14H21N3OS/c1-14-6-2-3-7-17(8-11-9-19-10-15-11)12(14)4-5-13(18)16-14/h9-10,12H,2-8H2,1H3,(H,16,18)/t12-,14-/m0/s1. The second-order valence-electron chi connectivity index (χ2n) is 5.93. The van der Waals surface area contributed by atoms with Crippen molar-refractivity contribution in [2.45, 2.75) is 57.2 Å². The van der Waals surface area contributed by atoms with Crippen molar-refractivity contribution in [1.82, 2.24) is 15.2 Å². The Kier molecular flexibility index (Phi) is 3.58. The van der Waals surface area contributed by atoms with Crippen LogP contribution in [0.1, 0.15) is 44.7 Å². The molecule has 2 aliphatic heterocycles. The minimum atomic E-state index is -0.0537. The fourth-order valence-electron chi connectivity index (χ4n) is 3.54. The average Bonchev–Trinajstić information content (AvgIpc) is 2.80. The van der Waals surface area contributed by atoms with Crippen molar-refractivity contribution < 1.29 is 4.79 Å². The third kappa shape index (κ3) is 2.67. The summed E-state index contributed by atoms with van der Waals surface area (Å²) in [6, 6.07) is 0.453. The van der Waals surface area contributed by atoms with Crippen LogP contribution in [0.25, 0.3) is 0 Å². The highest BCUT2D eigenvalue weighted by Gasteiger charge is 2.43. The molecule has 2 fully saturated rings. The summed E-state index contributed by atoms with van der Waals surface area (Å²) in [6.07, 6.45) is 5.14. The van der Waals surface area contributed by atoms with Gasteiger partial charge in [0, 0.05) is 24.4 Å². The van der Waals surface area contributed by atoms with E-state index in [4.69, 9.17) is 0 Å². The van der Waals surface area contributed by atoms with E-state index in [2.05, 4.69) is 27.5 Å². The Labute approximate surface area is 118 Å². The number of carbonyl (C=O) groups excluding carboxylic acids is 1. The highest BCUT2D eigenvalue weighted by Crippen LogP contribution is 2.33. The fourth-order valence-corrected chi connectivity index (χ4v) is 4.09. The van der Waals surface area contributed by atoms with Crippen LogP contribution in [0, 0.1) is 0 Å². The van der Waals surface area contributed by atoms with E-state index in [9.17, 15) is 4.79 Å². The first-order valence-electron chi connectivity index (χ1n) is 7.09. The minimum absolute atomic E-state index is 0.0537. The molecule has 1 aromatic heterocycles. The average molecular weight is 279 g/mol. The molecule has 104 valence electrons. The summed E-state index contributed by atoms with van der Waals surface area (Å²) in [5.41, 5.74) is 3.00. The molecule has 0 aliphatic carbocycles. The number of hydrogen-bond acceptors (Lipinski definition) is 4. The van der Waals surface area contributed by atoms with Crippen molar-refractivity contribution >= 4 is 17.2 Å². The molecule has 0 spiro atoms. The van der Waals surface area contributed by atoms with Crippen molar-refractivity contribution in [3.8, 4) is 0 Å². The van der Waals surface area contributed by atoms with Gasteiger partial charge in [0.05, 0.1) is 16.7 Å². The van der Waals surface area contributed by atoms with E-state index < -0.39 is 0 Å². The number of thiazole rings is 1. The second kappa shape index (κ2) is 5.21. The molecule has 4 nitrogen and oxygen atoms in total. The number of nitrogens with one attached hydrogen (secondary N) is 1. The van der Waals surface area contributed by atoms with Crippen LogP contribution in [-0.4, -0.2) is 33.9 Å². The molecule has 0 saturated carbocycles. The van der Waals surface area contributed by atoms with Crippen molar-refractivity contribution in [2.24, 2.45) is 0 Å². The molecular formula is C14H21N3OS. The molecule has 5 heteroatoms. The lowest BCUT2D eigenvalue weighted by Gasteiger charge is -2.45. The zero-order valence-corrected chi connectivity index (χ0v) is 12.2. The summed E-state index contributed by atoms with van der Waals surface area (Å²) in [6.45, 7) is 4.25. The monoisotopic (exact) mass is 279 g/mol. The quantitative estimate of drug-likeness (QED) is 0.902. The van der Waals surface area contributed by atoms with Crippen molar-refractivity contribution in [3.63, 3.8) is 0 Å². The van der Waals surface area contributed by atoms with E-state index in [1.165, 1.54) is 12.8 Å². The second-order valence-corrected chi connectivity index (χ2v) is 6.65. The van der Waals surface area contributed by atoms with Crippen LogP contribution in [0.2, 0.25) is 0 Å². The highest BCUT2D eigenvalue weighted by atomic mass is 32.1. The number of hydrogen-bond donors (Lipinski definition) is 1. The number of nitrogens with zero attached hydrogens (tertiary/aromatic N) is 2. The zero-order chi connectivity index (χ0) is 13.3. The molecule has 3 rings (SSSR count).